The summed E-state index contributed by atoms with van der Waals surface area (Å²) in [6.07, 6.45) is 1.85. The quantitative estimate of drug-likeness (QED) is 0.590. The maximum absolute atomic E-state index is 15.1. The van der Waals surface area contributed by atoms with Crippen LogP contribution < -0.4 is 16.0 Å². The van der Waals surface area contributed by atoms with Gasteiger partial charge in [-0.2, -0.15) is 5.26 Å². The van der Waals surface area contributed by atoms with E-state index in [1.54, 1.807) is 13.0 Å². The van der Waals surface area contributed by atoms with Crippen molar-refractivity contribution in [2.75, 3.05) is 0 Å². The zero-order valence-corrected chi connectivity index (χ0v) is 17.5. The Morgan fingerprint density at radius 1 is 1.28 bits per heavy atom. The number of ether oxygens (including phenoxy) is 1. The Balaban J connectivity index is 2.00. The van der Waals surface area contributed by atoms with Crippen molar-refractivity contribution in [2.24, 2.45) is 0 Å². The lowest BCUT2D eigenvalue weighted by molar-refractivity contribution is 0.433. The van der Waals surface area contributed by atoms with Crippen molar-refractivity contribution in [1.29, 1.82) is 5.26 Å². The lowest BCUT2D eigenvalue weighted by Crippen LogP contribution is -2.32. The molecule has 0 bridgehead atoms. The fourth-order valence-corrected chi connectivity index (χ4v) is 3.31. The molecule has 3 aromatic rings. The van der Waals surface area contributed by atoms with E-state index >= 15 is 4.39 Å². The molecule has 0 aliphatic carbocycles. The number of rotatable bonds is 5. The third-order valence-electron chi connectivity index (χ3n) is 4.16. The average Bonchev–Trinajstić information content (AvgIpc) is 2.68. The number of nitrogens with one attached hydrogen (secondary N) is 1. The van der Waals surface area contributed by atoms with Crippen molar-refractivity contribution < 1.29 is 9.13 Å². The maximum atomic E-state index is 15.1. The molecule has 0 aliphatic rings. The van der Waals surface area contributed by atoms with Crippen LogP contribution in [-0.2, 0) is 13.0 Å². The summed E-state index contributed by atoms with van der Waals surface area (Å²) in [7, 11) is 0. The predicted molar refractivity (Wildman–Crippen MR) is 110 cm³/mol. The Morgan fingerprint density at radius 2 is 2.03 bits per heavy atom. The summed E-state index contributed by atoms with van der Waals surface area (Å²) in [6, 6.07) is 9.40. The van der Waals surface area contributed by atoms with Crippen LogP contribution in [0.5, 0.6) is 11.5 Å². The van der Waals surface area contributed by atoms with Gasteiger partial charge in [-0.25, -0.2) is 9.18 Å². The fourth-order valence-electron chi connectivity index (χ4n) is 2.70. The SMILES string of the molecule is CCc1cn(Cc2ccc(Br)c(Oc3cc(Cl)cc(C#N)c3)c2F)c(=O)[nH]c1=O. The van der Waals surface area contributed by atoms with Gasteiger partial charge in [0.05, 0.1) is 22.7 Å². The Morgan fingerprint density at radius 3 is 2.72 bits per heavy atom. The zero-order chi connectivity index (χ0) is 21.1. The first-order valence-electron chi connectivity index (χ1n) is 8.50. The highest BCUT2D eigenvalue weighted by atomic mass is 79.9. The molecule has 2 aromatic carbocycles. The summed E-state index contributed by atoms with van der Waals surface area (Å²) in [5.74, 6) is -0.601. The first-order chi connectivity index (χ1) is 13.8. The number of nitriles is 1. The van der Waals surface area contributed by atoms with Crippen molar-refractivity contribution in [2.45, 2.75) is 19.9 Å². The van der Waals surface area contributed by atoms with Gasteiger partial charge in [0, 0.05) is 22.3 Å². The van der Waals surface area contributed by atoms with E-state index in [-0.39, 0.29) is 34.2 Å². The van der Waals surface area contributed by atoms with E-state index in [9.17, 15) is 9.59 Å². The molecule has 0 fully saturated rings. The van der Waals surface area contributed by atoms with Crippen LogP contribution in [0.1, 0.15) is 23.6 Å². The van der Waals surface area contributed by atoms with Crippen molar-refractivity contribution in [3.8, 4) is 17.6 Å². The highest BCUT2D eigenvalue weighted by Gasteiger charge is 2.16. The third-order valence-corrected chi connectivity index (χ3v) is 5.00. The van der Waals surface area contributed by atoms with Gasteiger partial charge < -0.3 is 4.74 Å². The minimum absolute atomic E-state index is 0.100. The second-order valence-electron chi connectivity index (χ2n) is 6.13. The van der Waals surface area contributed by atoms with E-state index in [0.717, 1.165) is 0 Å². The second kappa shape index (κ2) is 8.64. The smallest absolute Gasteiger partial charge is 0.328 e. The van der Waals surface area contributed by atoms with Crippen LogP contribution in [0.4, 0.5) is 4.39 Å². The Hall–Kier alpha value is -2.89. The first-order valence-corrected chi connectivity index (χ1v) is 9.67. The van der Waals surface area contributed by atoms with Crippen molar-refractivity contribution in [3.05, 3.63) is 89.4 Å². The Bertz CT molecular complexity index is 1250. The molecule has 1 aromatic heterocycles. The van der Waals surface area contributed by atoms with Gasteiger partial charge in [0.1, 0.15) is 5.75 Å². The van der Waals surface area contributed by atoms with Gasteiger partial charge in [-0.15, -0.1) is 0 Å². The Labute approximate surface area is 178 Å². The molecule has 0 saturated heterocycles. The van der Waals surface area contributed by atoms with Gasteiger partial charge in [-0.05, 0) is 46.6 Å². The predicted octanol–water partition coefficient (Wildman–Crippen LogP) is 4.37. The van der Waals surface area contributed by atoms with Crippen molar-refractivity contribution >= 4 is 27.5 Å². The normalized spacial score (nSPS) is 10.6. The summed E-state index contributed by atoms with van der Waals surface area (Å²) in [5, 5.41) is 9.33. The highest BCUT2D eigenvalue weighted by Crippen LogP contribution is 2.35. The lowest BCUT2D eigenvalue weighted by atomic mass is 10.2. The molecular weight excluding hydrogens is 465 g/mol. The molecule has 0 spiro atoms. The number of halogens is 3. The highest BCUT2D eigenvalue weighted by molar-refractivity contribution is 9.10. The summed E-state index contributed by atoms with van der Waals surface area (Å²) in [4.78, 5) is 26.0. The number of nitrogens with zero attached hydrogens (tertiary/aromatic N) is 2. The van der Waals surface area contributed by atoms with Gasteiger partial charge in [-0.1, -0.05) is 24.6 Å². The molecule has 0 radical (unpaired) electrons. The molecule has 148 valence electrons. The summed E-state index contributed by atoms with van der Waals surface area (Å²) < 4.78 is 22.3. The van der Waals surface area contributed by atoms with Crippen LogP contribution >= 0.6 is 27.5 Å². The van der Waals surface area contributed by atoms with Gasteiger partial charge >= 0.3 is 5.69 Å². The molecule has 0 amide bonds. The van der Waals surface area contributed by atoms with E-state index in [1.807, 2.05) is 6.07 Å². The molecule has 0 atom stereocenters. The molecule has 9 heteroatoms. The lowest BCUT2D eigenvalue weighted by Gasteiger charge is -2.13. The number of hydrogen-bond donors (Lipinski definition) is 1. The van der Waals surface area contributed by atoms with E-state index in [4.69, 9.17) is 21.6 Å². The van der Waals surface area contributed by atoms with E-state index in [1.165, 1.54) is 35.0 Å². The summed E-state index contributed by atoms with van der Waals surface area (Å²) >= 11 is 9.21. The fraction of sp³-hybridized carbons (Fsp3) is 0.150. The summed E-state index contributed by atoms with van der Waals surface area (Å²) in [5.41, 5.74) is -0.218. The maximum Gasteiger partial charge on any atom is 0.328 e. The van der Waals surface area contributed by atoms with Crippen LogP contribution in [0.15, 0.2) is 50.6 Å². The molecule has 6 nitrogen and oxygen atoms in total. The number of aryl methyl sites for hydroxylation is 1. The van der Waals surface area contributed by atoms with Crippen LogP contribution in [-0.4, -0.2) is 9.55 Å². The molecule has 0 saturated carbocycles. The Kier molecular flexibility index (Phi) is 6.20. The van der Waals surface area contributed by atoms with E-state index < -0.39 is 17.1 Å². The standard InChI is InChI=1S/C20H14BrClFN3O3/c1-2-12-9-26(20(28)25-19(12)27)10-13-3-4-16(21)18(17(13)23)29-15-6-11(8-24)5-14(22)7-15/h3-7,9H,2,10H2,1H3,(H,25,27,28). The molecule has 0 aliphatic heterocycles. The largest absolute Gasteiger partial charge is 0.453 e. The van der Waals surface area contributed by atoms with Gasteiger partial charge in [0.2, 0.25) is 0 Å². The number of aromatic nitrogens is 2. The summed E-state index contributed by atoms with van der Waals surface area (Å²) in [6.45, 7) is 1.68. The minimum Gasteiger partial charge on any atom is -0.453 e. The van der Waals surface area contributed by atoms with Gasteiger partial charge in [0.15, 0.2) is 11.6 Å². The molecular formula is C20H14BrClFN3O3. The number of hydrogen-bond acceptors (Lipinski definition) is 4. The topological polar surface area (TPSA) is 87.9 Å². The van der Waals surface area contributed by atoms with Crippen molar-refractivity contribution in [3.63, 3.8) is 0 Å². The molecule has 3 rings (SSSR count). The van der Waals surface area contributed by atoms with Crippen LogP contribution in [0.25, 0.3) is 0 Å². The van der Waals surface area contributed by atoms with Crippen LogP contribution in [0, 0.1) is 17.1 Å². The van der Waals surface area contributed by atoms with Crippen LogP contribution in [0.2, 0.25) is 5.02 Å². The third kappa shape index (κ3) is 4.58. The minimum atomic E-state index is -0.686. The van der Waals surface area contributed by atoms with Crippen LogP contribution in [0.3, 0.4) is 0 Å². The number of H-pyrrole nitrogens is 1. The average molecular weight is 479 g/mol. The van der Waals surface area contributed by atoms with Gasteiger partial charge in [-0.3, -0.25) is 14.3 Å². The number of benzene rings is 2. The van der Waals surface area contributed by atoms with Gasteiger partial charge in [0.25, 0.3) is 5.56 Å². The van der Waals surface area contributed by atoms with E-state index in [0.29, 0.717) is 16.5 Å². The molecule has 0 unspecified atom stereocenters. The first kappa shape index (κ1) is 20.8. The zero-order valence-electron chi connectivity index (χ0n) is 15.1. The monoisotopic (exact) mass is 477 g/mol. The molecule has 1 heterocycles. The molecule has 29 heavy (non-hydrogen) atoms. The second-order valence-corrected chi connectivity index (χ2v) is 7.42. The molecule has 1 N–H and O–H groups in total. The number of aromatic amines is 1. The van der Waals surface area contributed by atoms with Crippen molar-refractivity contribution in [1.82, 2.24) is 9.55 Å². The van der Waals surface area contributed by atoms with E-state index in [2.05, 4.69) is 20.9 Å².